The van der Waals surface area contributed by atoms with E-state index in [0.29, 0.717) is 18.9 Å². The Kier molecular flexibility index (Phi) is 6.15. The van der Waals surface area contributed by atoms with Gasteiger partial charge >= 0.3 is 5.97 Å². The minimum absolute atomic E-state index is 0.0864. The molecule has 0 saturated carbocycles. The molecule has 4 rings (SSSR count). The summed E-state index contributed by atoms with van der Waals surface area (Å²) in [5, 5.41) is 3.90. The van der Waals surface area contributed by atoms with Gasteiger partial charge in [-0.05, 0) is 38.0 Å². The number of esters is 1. The molecule has 1 aromatic heterocycles. The fourth-order valence-corrected chi connectivity index (χ4v) is 4.95. The Bertz CT molecular complexity index is 1170. The molecular formula is C22H23N3O5S. The number of ether oxygens (including phenoxy) is 1. The third kappa shape index (κ3) is 4.83. The molecule has 1 aliphatic rings. The molecule has 0 spiro atoms. The van der Waals surface area contributed by atoms with Crippen molar-refractivity contribution in [1.29, 1.82) is 0 Å². The number of carbonyl (C=O) groups is 1. The molecule has 9 heteroatoms. The summed E-state index contributed by atoms with van der Waals surface area (Å²) in [5.41, 5.74) is 2.06. The molecule has 1 aliphatic heterocycles. The van der Waals surface area contributed by atoms with Crippen molar-refractivity contribution in [2.24, 2.45) is 0 Å². The Balaban J connectivity index is 1.42. The Labute approximate surface area is 180 Å². The molecule has 0 atom stereocenters. The predicted octanol–water partition coefficient (Wildman–Crippen LogP) is 3.58. The van der Waals surface area contributed by atoms with Crippen molar-refractivity contribution in [2.75, 3.05) is 13.1 Å². The third-order valence-corrected chi connectivity index (χ3v) is 7.02. The predicted molar refractivity (Wildman–Crippen MR) is 113 cm³/mol. The molecule has 2 aromatic carbocycles. The van der Waals surface area contributed by atoms with E-state index in [-0.39, 0.29) is 23.0 Å². The maximum absolute atomic E-state index is 12.8. The van der Waals surface area contributed by atoms with E-state index in [4.69, 9.17) is 9.26 Å². The van der Waals surface area contributed by atoms with Gasteiger partial charge in [0.15, 0.2) is 6.61 Å². The van der Waals surface area contributed by atoms with Crippen molar-refractivity contribution in [1.82, 2.24) is 14.4 Å². The minimum atomic E-state index is -3.63. The number of hydrogen-bond donors (Lipinski definition) is 0. The second kappa shape index (κ2) is 8.99. The lowest BCUT2D eigenvalue weighted by atomic mass is 10.1. The number of nitrogens with zero attached hydrogens (tertiary/aromatic N) is 3. The van der Waals surface area contributed by atoms with Gasteiger partial charge in [-0.3, -0.25) is 0 Å². The number of aryl methyl sites for hydroxylation is 1. The lowest BCUT2D eigenvalue weighted by Gasteiger charge is -2.25. The van der Waals surface area contributed by atoms with Crippen LogP contribution in [-0.4, -0.2) is 41.9 Å². The number of rotatable bonds is 6. The molecule has 1 saturated heterocycles. The zero-order valence-corrected chi connectivity index (χ0v) is 18.0. The molecule has 8 nitrogen and oxygen atoms in total. The summed E-state index contributed by atoms with van der Waals surface area (Å²) in [6, 6.07) is 13.5. The van der Waals surface area contributed by atoms with Gasteiger partial charge in [-0.15, -0.1) is 0 Å². The molecule has 2 heterocycles. The van der Waals surface area contributed by atoms with Crippen LogP contribution >= 0.6 is 0 Å². The first-order valence-electron chi connectivity index (χ1n) is 10.1. The highest BCUT2D eigenvalue weighted by molar-refractivity contribution is 7.89. The maximum atomic E-state index is 12.8. The van der Waals surface area contributed by atoms with Gasteiger partial charge in [-0.25, -0.2) is 13.2 Å². The first-order valence-corrected chi connectivity index (χ1v) is 11.5. The van der Waals surface area contributed by atoms with Crippen molar-refractivity contribution >= 4 is 16.0 Å². The smallest absolute Gasteiger partial charge is 0.338 e. The zero-order chi connectivity index (χ0) is 21.8. The number of sulfonamides is 1. The van der Waals surface area contributed by atoms with Crippen molar-refractivity contribution in [3.05, 3.63) is 65.5 Å². The van der Waals surface area contributed by atoms with Crippen LogP contribution < -0.4 is 0 Å². The Morgan fingerprint density at radius 2 is 1.84 bits per heavy atom. The third-order valence-electron chi connectivity index (χ3n) is 5.13. The molecular weight excluding hydrogens is 418 g/mol. The summed E-state index contributed by atoms with van der Waals surface area (Å²) in [7, 11) is -3.63. The highest BCUT2D eigenvalue weighted by Crippen LogP contribution is 2.22. The van der Waals surface area contributed by atoms with Crippen molar-refractivity contribution in [2.45, 2.75) is 37.7 Å². The van der Waals surface area contributed by atoms with E-state index in [9.17, 15) is 13.2 Å². The summed E-state index contributed by atoms with van der Waals surface area (Å²) in [5.74, 6) is -0.104. The fraction of sp³-hybridized carbons (Fsp3) is 0.318. The summed E-state index contributed by atoms with van der Waals surface area (Å²) >= 11 is 0. The first kappa shape index (κ1) is 21.2. The molecule has 0 bridgehead atoms. The first-order chi connectivity index (χ1) is 14.9. The molecule has 0 unspecified atom stereocenters. The minimum Gasteiger partial charge on any atom is -0.452 e. The van der Waals surface area contributed by atoms with Crippen LogP contribution in [0.2, 0.25) is 0 Å². The van der Waals surface area contributed by atoms with Crippen LogP contribution in [0.4, 0.5) is 0 Å². The highest BCUT2D eigenvalue weighted by atomic mass is 32.2. The average Bonchev–Trinajstić information content (AvgIpc) is 3.27. The van der Waals surface area contributed by atoms with E-state index in [0.717, 1.165) is 30.4 Å². The van der Waals surface area contributed by atoms with Gasteiger partial charge in [0.2, 0.25) is 15.8 Å². The van der Waals surface area contributed by atoms with E-state index >= 15 is 0 Å². The topological polar surface area (TPSA) is 103 Å². The molecule has 31 heavy (non-hydrogen) atoms. The molecule has 1 fully saturated rings. The number of benzene rings is 2. The van der Waals surface area contributed by atoms with Crippen LogP contribution in [0.5, 0.6) is 0 Å². The van der Waals surface area contributed by atoms with Gasteiger partial charge in [0.1, 0.15) is 0 Å². The van der Waals surface area contributed by atoms with Crippen LogP contribution in [0, 0.1) is 6.92 Å². The summed E-state index contributed by atoms with van der Waals surface area (Å²) < 4.78 is 37.5. The SMILES string of the molecule is Cc1ccc(-c2noc(COC(=O)c3cccc(S(=O)(=O)N4CCCCC4)c3)n2)cc1. The molecule has 162 valence electrons. The summed E-state index contributed by atoms with van der Waals surface area (Å²) in [6.45, 7) is 2.77. The van der Waals surface area contributed by atoms with E-state index in [1.165, 1.54) is 28.6 Å². The van der Waals surface area contributed by atoms with Crippen LogP contribution in [0.15, 0.2) is 57.9 Å². The summed E-state index contributed by atoms with van der Waals surface area (Å²) in [4.78, 5) is 16.8. The maximum Gasteiger partial charge on any atom is 0.338 e. The number of hydrogen-bond acceptors (Lipinski definition) is 7. The molecule has 0 aliphatic carbocycles. The van der Waals surface area contributed by atoms with Crippen molar-refractivity contribution in [3.8, 4) is 11.4 Å². The monoisotopic (exact) mass is 441 g/mol. The lowest BCUT2D eigenvalue weighted by molar-refractivity contribution is 0.0429. The Morgan fingerprint density at radius 3 is 2.58 bits per heavy atom. The van der Waals surface area contributed by atoms with E-state index < -0.39 is 16.0 Å². The van der Waals surface area contributed by atoms with Gasteiger partial charge < -0.3 is 9.26 Å². The molecule has 0 radical (unpaired) electrons. The fourth-order valence-electron chi connectivity index (χ4n) is 3.38. The highest BCUT2D eigenvalue weighted by Gasteiger charge is 2.26. The van der Waals surface area contributed by atoms with E-state index in [2.05, 4.69) is 10.1 Å². The van der Waals surface area contributed by atoms with E-state index in [1.807, 2.05) is 31.2 Å². The van der Waals surface area contributed by atoms with Crippen LogP contribution in [0.1, 0.15) is 41.1 Å². The molecule has 0 N–H and O–H groups in total. The molecule has 0 amide bonds. The van der Waals surface area contributed by atoms with Gasteiger partial charge in [-0.2, -0.15) is 9.29 Å². The standard InChI is InChI=1S/C22H23N3O5S/c1-16-8-10-17(11-9-16)21-23-20(30-24-21)15-29-22(26)18-6-5-7-19(14-18)31(27,28)25-12-3-2-4-13-25/h5-11,14H,2-4,12-13,15H2,1H3. The summed E-state index contributed by atoms with van der Waals surface area (Å²) in [6.07, 6.45) is 2.71. The number of aromatic nitrogens is 2. The van der Waals surface area contributed by atoms with Gasteiger partial charge in [0, 0.05) is 18.7 Å². The average molecular weight is 442 g/mol. The molecule has 3 aromatic rings. The van der Waals surface area contributed by atoms with Crippen LogP contribution in [0.3, 0.4) is 0 Å². The second-order valence-electron chi connectivity index (χ2n) is 7.45. The van der Waals surface area contributed by atoms with Gasteiger partial charge in [0.05, 0.1) is 10.5 Å². The lowest BCUT2D eigenvalue weighted by Crippen LogP contribution is -2.35. The number of piperidine rings is 1. The Morgan fingerprint density at radius 1 is 1.10 bits per heavy atom. The van der Waals surface area contributed by atoms with Gasteiger partial charge in [-0.1, -0.05) is 47.5 Å². The van der Waals surface area contributed by atoms with Crippen LogP contribution in [0.25, 0.3) is 11.4 Å². The number of carbonyl (C=O) groups excluding carboxylic acids is 1. The van der Waals surface area contributed by atoms with Crippen molar-refractivity contribution < 1.29 is 22.5 Å². The second-order valence-corrected chi connectivity index (χ2v) is 9.38. The van der Waals surface area contributed by atoms with Crippen LogP contribution in [-0.2, 0) is 21.4 Å². The zero-order valence-electron chi connectivity index (χ0n) is 17.2. The Hall–Kier alpha value is -3.04. The quantitative estimate of drug-likeness (QED) is 0.539. The van der Waals surface area contributed by atoms with E-state index in [1.54, 1.807) is 0 Å². The normalized spacial score (nSPS) is 15.0. The van der Waals surface area contributed by atoms with Gasteiger partial charge in [0.25, 0.3) is 5.89 Å². The van der Waals surface area contributed by atoms with Crippen molar-refractivity contribution in [3.63, 3.8) is 0 Å². The largest absolute Gasteiger partial charge is 0.452 e.